The lowest BCUT2D eigenvalue weighted by atomic mass is 10.3. The molecular weight excluding hydrogens is 283 g/mol. The molecule has 0 saturated heterocycles. The number of H-pyrrole nitrogens is 1. The molecule has 1 aromatic carbocycles. The highest BCUT2D eigenvalue weighted by Crippen LogP contribution is 2.16. The Labute approximate surface area is 124 Å². The Hall–Kier alpha value is -3.09. The minimum atomic E-state index is -0.288. The van der Waals surface area contributed by atoms with E-state index < -0.39 is 0 Å². The zero-order valence-corrected chi connectivity index (χ0v) is 11.4. The predicted molar refractivity (Wildman–Crippen MR) is 78.4 cm³/mol. The molecule has 0 aliphatic carbocycles. The summed E-state index contributed by atoms with van der Waals surface area (Å²) in [5.41, 5.74) is 1.40. The van der Waals surface area contributed by atoms with E-state index >= 15 is 0 Å². The third kappa shape index (κ3) is 2.22. The number of rotatable bonds is 3. The fraction of sp³-hybridized carbons (Fsp3) is 0.0667. The van der Waals surface area contributed by atoms with Gasteiger partial charge in [-0.15, -0.1) is 0 Å². The normalized spacial score (nSPS) is 11.1. The second-order valence-electron chi connectivity index (χ2n) is 4.80. The maximum Gasteiger partial charge on any atom is 0.195 e. The average molecular weight is 294 g/mol. The third-order valence-electron chi connectivity index (χ3n) is 3.29. The zero-order chi connectivity index (χ0) is 14.9. The number of imidazole rings is 2. The van der Waals surface area contributed by atoms with Gasteiger partial charge in [0.25, 0.3) is 0 Å². The number of aromatic nitrogens is 6. The summed E-state index contributed by atoms with van der Waals surface area (Å²) in [6.07, 6.45) is 6.87. The van der Waals surface area contributed by atoms with Crippen molar-refractivity contribution in [3.8, 4) is 11.6 Å². The number of halogens is 1. The Morgan fingerprint density at radius 3 is 2.82 bits per heavy atom. The van der Waals surface area contributed by atoms with Crippen molar-refractivity contribution < 1.29 is 4.39 Å². The lowest BCUT2D eigenvalue weighted by molar-refractivity contribution is 0.629. The molecule has 3 aromatic heterocycles. The molecule has 0 radical (unpaired) electrons. The van der Waals surface area contributed by atoms with Gasteiger partial charge in [0, 0.05) is 24.8 Å². The number of nitrogens with one attached hydrogen (secondary N) is 1. The van der Waals surface area contributed by atoms with Gasteiger partial charge in [0.05, 0.1) is 17.6 Å². The molecule has 1 N–H and O–H groups in total. The molecule has 0 saturated carbocycles. The van der Waals surface area contributed by atoms with E-state index in [1.807, 2.05) is 10.8 Å². The SMILES string of the molecule is Fc1ccc2nc(Cn3ccnc3-c3ncccn3)[nH]c2c1. The van der Waals surface area contributed by atoms with Gasteiger partial charge in [-0.25, -0.2) is 24.3 Å². The Kier molecular flexibility index (Phi) is 2.89. The van der Waals surface area contributed by atoms with Gasteiger partial charge in [0.15, 0.2) is 11.6 Å². The summed E-state index contributed by atoms with van der Waals surface area (Å²) >= 11 is 0. The number of aromatic amines is 1. The molecule has 22 heavy (non-hydrogen) atoms. The number of fused-ring (bicyclic) bond motifs is 1. The van der Waals surface area contributed by atoms with Crippen LogP contribution in [0.1, 0.15) is 5.82 Å². The topological polar surface area (TPSA) is 72.3 Å². The summed E-state index contributed by atoms with van der Waals surface area (Å²) in [6, 6.07) is 6.23. The Morgan fingerprint density at radius 1 is 1.09 bits per heavy atom. The molecule has 0 amide bonds. The Bertz CT molecular complexity index is 928. The molecule has 0 unspecified atom stereocenters. The van der Waals surface area contributed by atoms with Gasteiger partial charge >= 0.3 is 0 Å². The van der Waals surface area contributed by atoms with E-state index in [9.17, 15) is 4.39 Å². The smallest absolute Gasteiger partial charge is 0.195 e. The molecule has 3 heterocycles. The van der Waals surface area contributed by atoms with Crippen LogP contribution in [0.25, 0.3) is 22.7 Å². The summed E-state index contributed by atoms with van der Waals surface area (Å²) in [5, 5.41) is 0. The van der Waals surface area contributed by atoms with Crippen LogP contribution in [0, 0.1) is 5.82 Å². The molecule has 0 fully saturated rings. The molecule has 0 aliphatic heterocycles. The van der Waals surface area contributed by atoms with Gasteiger partial charge in [-0.3, -0.25) is 0 Å². The van der Waals surface area contributed by atoms with Crippen molar-refractivity contribution in [1.82, 2.24) is 29.5 Å². The van der Waals surface area contributed by atoms with Crippen molar-refractivity contribution in [2.75, 3.05) is 0 Å². The van der Waals surface area contributed by atoms with Crippen LogP contribution >= 0.6 is 0 Å². The summed E-state index contributed by atoms with van der Waals surface area (Å²) < 4.78 is 15.1. The van der Waals surface area contributed by atoms with Crippen LogP contribution in [0.4, 0.5) is 4.39 Å². The van der Waals surface area contributed by atoms with Crippen LogP contribution in [-0.2, 0) is 6.54 Å². The number of benzene rings is 1. The van der Waals surface area contributed by atoms with Gasteiger partial charge in [-0.05, 0) is 24.3 Å². The fourth-order valence-electron chi connectivity index (χ4n) is 2.33. The lowest BCUT2D eigenvalue weighted by Crippen LogP contribution is -2.04. The minimum Gasteiger partial charge on any atom is -0.340 e. The lowest BCUT2D eigenvalue weighted by Gasteiger charge is -2.04. The average Bonchev–Trinajstić information content (AvgIpc) is 3.14. The predicted octanol–water partition coefficient (Wildman–Crippen LogP) is 2.40. The number of hydrogen-bond acceptors (Lipinski definition) is 4. The van der Waals surface area contributed by atoms with E-state index in [1.54, 1.807) is 30.7 Å². The van der Waals surface area contributed by atoms with Gasteiger partial charge in [-0.1, -0.05) is 0 Å². The maximum atomic E-state index is 13.2. The Morgan fingerprint density at radius 2 is 1.95 bits per heavy atom. The first-order valence-corrected chi connectivity index (χ1v) is 6.72. The highest BCUT2D eigenvalue weighted by Gasteiger charge is 2.11. The number of hydrogen-bond donors (Lipinski definition) is 1. The molecule has 0 bridgehead atoms. The molecule has 0 aliphatic rings. The van der Waals surface area contributed by atoms with Gasteiger partial charge in [0.2, 0.25) is 0 Å². The molecule has 0 atom stereocenters. The summed E-state index contributed by atoms with van der Waals surface area (Å²) in [4.78, 5) is 20.3. The first-order valence-electron chi connectivity index (χ1n) is 6.72. The highest BCUT2D eigenvalue weighted by molar-refractivity contribution is 5.74. The first-order chi connectivity index (χ1) is 10.8. The highest BCUT2D eigenvalue weighted by atomic mass is 19.1. The summed E-state index contributed by atoms with van der Waals surface area (Å²) in [6.45, 7) is 0.476. The van der Waals surface area contributed by atoms with Crippen LogP contribution < -0.4 is 0 Å². The second kappa shape index (κ2) is 5.03. The van der Waals surface area contributed by atoms with Crippen molar-refractivity contribution in [2.45, 2.75) is 6.54 Å². The van der Waals surface area contributed by atoms with Crippen LogP contribution in [0.15, 0.2) is 49.1 Å². The van der Waals surface area contributed by atoms with Crippen LogP contribution in [0.5, 0.6) is 0 Å². The third-order valence-corrected chi connectivity index (χ3v) is 3.29. The Balaban J connectivity index is 1.70. The first kappa shape index (κ1) is 12.6. The molecule has 108 valence electrons. The largest absolute Gasteiger partial charge is 0.340 e. The van der Waals surface area contributed by atoms with Gasteiger partial charge < -0.3 is 9.55 Å². The van der Waals surface area contributed by atoms with E-state index in [0.29, 0.717) is 23.7 Å². The molecule has 6 nitrogen and oxygen atoms in total. The monoisotopic (exact) mass is 294 g/mol. The fourth-order valence-corrected chi connectivity index (χ4v) is 2.33. The maximum absolute atomic E-state index is 13.2. The molecule has 4 rings (SSSR count). The molecular formula is C15H11FN6. The van der Waals surface area contributed by atoms with Crippen LogP contribution in [0.3, 0.4) is 0 Å². The van der Waals surface area contributed by atoms with Gasteiger partial charge in [-0.2, -0.15) is 0 Å². The van der Waals surface area contributed by atoms with Crippen molar-refractivity contribution in [2.24, 2.45) is 0 Å². The van der Waals surface area contributed by atoms with E-state index in [-0.39, 0.29) is 5.82 Å². The van der Waals surface area contributed by atoms with E-state index in [2.05, 4.69) is 24.9 Å². The molecule has 4 aromatic rings. The van der Waals surface area contributed by atoms with Crippen molar-refractivity contribution in [3.05, 3.63) is 60.7 Å². The number of nitrogens with zero attached hydrogens (tertiary/aromatic N) is 5. The van der Waals surface area contributed by atoms with E-state index in [0.717, 1.165) is 11.3 Å². The standard InChI is InChI=1S/C15H11FN6/c16-10-2-3-11-12(8-10)21-13(20-11)9-22-7-6-19-15(22)14-17-4-1-5-18-14/h1-8H,9H2,(H,20,21). The quantitative estimate of drug-likeness (QED) is 0.630. The van der Waals surface area contributed by atoms with Crippen molar-refractivity contribution in [3.63, 3.8) is 0 Å². The zero-order valence-electron chi connectivity index (χ0n) is 11.4. The van der Waals surface area contributed by atoms with Gasteiger partial charge in [0.1, 0.15) is 11.6 Å². The van der Waals surface area contributed by atoms with E-state index in [1.165, 1.54) is 12.1 Å². The molecule has 7 heteroatoms. The second-order valence-corrected chi connectivity index (χ2v) is 4.80. The van der Waals surface area contributed by atoms with Crippen molar-refractivity contribution in [1.29, 1.82) is 0 Å². The van der Waals surface area contributed by atoms with E-state index in [4.69, 9.17) is 0 Å². The van der Waals surface area contributed by atoms with Crippen LogP contribution in [-0.4, -0.2) is 29.5 Å². The summed E-state index contributed by atoms with van der Waals surface area (Å²) in [7, 11) is 0. The summed E-state index contributed by atoms with van der Waals surface area (Å²) in [5.74, 6) is 1.64. The molecule has 0 spiro atoms. The minimum absolute atomic E-state index is 0.288. The van der Waals surface area contributed by atoms with Crippen LogP contribution in [0.2, 0.25) is 0 Å². The van der Waals surface area contributed by atoms with Crippen molar-refractivity contribution >= 4 is 11.0 Å².